The van der Waals surface area contributed by atoms with Crippen molar-refractivity contribution in [2.45, 2.75) is 18.8 Å². The van der Waals surface area contributed by atoms with E-state index >= 15 is 0 Å². The van der Waals surface area contributed by atoms with Crippen LogP contribution < -0.4 is 5.32 Å². The van der Waals surface area contributed by atoms with Gasteiger partial charge in [0.25, 0.3) is 0 Å². The number of amides is 2. The van der Waals surface area contributed by atoms with E-state index in [0.29, 0.717) is 26.1 Å². The number of nitriles is 1. The number of carboxylic acids is 1. The van der Waals surface area contributed by atoms with Gasteiger partial charge in [0, 0.05) is 32.0 Å². The van der Waals surface area contributed by atoms with Crippen LogP contribution in [-0.4, -0.2) is 41.6 Å². The SMILES string of the molecule is N#C[C@@H]1CN(C(=O)NCCCC(=O)O)C[C@H]1c1ccccc1. The number of aliphatic carboxylic acids is 1. The minimum atomic E-state index is -0.871. The lowest BCUT2D eigenvalue weighted by Crippen LogP contribution is -2.39. The Hall–Kier alpha value is -2.55. The van der Waals surface area contributed by atoms with Crippen LogP contribution in [0.3, 0.4) is 0 Å². The van der Waals surface area contributed by atoms with Crippen molar-refractivity contribution >= 4 is 12.0 Å². The summed E-state index contributed by atoms with van der Waals surface area (Å²) in [6.45, 7) is 1.24. The molecule has 6 heteroatoms. The highest BCUT2D eigenvalue weighted by molar-refractivity contribution is 5.75. The molecular weight excluding hydrogens is 282 g/mol. The number of carbonyl (C=O) groups excluding carboxylic acids is 1. The van der Waals surface area contributed by atoms with Gasteiger partial charge in [-0.1, -0.05) is 30.3 Å². The molecule has 1 aromatic rings. The summed E-state index contributed by atoms with van der Waals surface area (Å²) in [6, 6.07) is 11.8. The average molecular weight is 301 g/mol. The maximum absolute atomic E-state index is 12.1. The van der Waals surface area contributed by atoms with Crippen LogP contribution in [0.5, 0.6) is 0 Å². The number of likely N-dealkylation sites (tertiary alicyclic amines) is 1. The van der Waals surface area contributed by atoms with Crippen molar-refractivity contribution in [1.82, 2.24) is 10.2 Å². The van der Waals surface area contributed by atoms with Crippen LogP contribution in [-0.2, 0) is 4.79 Å². The second-order valence-electron chi connectivity index (χ2n) is 5.39. The summed E-state index contributed by atoms with van der Waals surface area (Å²) in [7, 11) is 0. The highest BCUT2D eigenvalue weighted by Gasteiger charge is 2.36. The third kappa shape index (κ3) is 3.98. The smallest absolute Gasteiger partial charge is 0.317 e. The van der Waals surface area contributed by atoms with E-state index in [1.54, 1.807) is 4.90 Å². The topological polar surface area (TPSA) is 93.4 Å². The van der Waals surface area contributed by atoms with Gasteiger partial charge in [-0.2, -0.15) is 5.26 Å². The van der Waals surface area contributed by atoms with Gasteiger partial charge in [0.1, 0.15) is 0 Å². The Morgan fingerprint density at radius 1 is 1.32 bits per heavy atom. The first kappa shape index (κ1) is 15.8. The van der Waals surface area contributed by atoms with Gasteiger partial charge < -0.3 is 15.3 Å². The van der Waals surface area contributed by atoms with Crippen molar-refractivity contribution in [3.05, 3.63) is 35.9 Å². The molecule has 1 aliphatic heterocycles. The van der Waals surface area contributed by atoms with Gasteiger partial charge in [0.15, 0.2) is 0 Å². The Morgan fingerprint density at radius 2 is 2.05 bits per heavy atom. The lowest BCUT2D eigenvalue weighted by Gasteiger charge is -2.17. The standard InChI is InChI=1S/C16H19N3O3/c17-9-13-10-19(16(22)18-8-4-7-15(20)21)11-14(13)12-5-2-1-3-6-12/h1-3,5-6,13-14H,4,7-8,10-11H2,(H,18,22)(H,20,21)/t13-,14+/m1/s1. The highest BCUT2D eigenvalue weighted by atomic mass is 16.4. The van der Waals surface area contributed by atoms with E-state index in [9.17, 15) is 14.9 Å². The number of carbonyl (C=O) groups is 2. The fraction of sp³-hybridized carbons (Fsp3) is 0.438. The number of hydrogen-bond donors (Lipinski definition) is 2. The van der Waals surface area contributed by atoms with E-state index in [1.807, 2.05) is 30.3 Å². The zero-order valence-corrected chi connectivity index (χ0v) is 12.2. The van der Waals surface area contributed by atoms with Crippen LogP contribution in [0.25, 0.3) is 0 Å². The van der Waals surface area contributed by atoms with Gasteiger partial charge in [0.2, 0.25) is 0 Å². The molecule has 0 radical (unpaired) electrons. The molecule has 0 aliphatic carbocycles. The van der Waals surface area contributed by atoms with Crippen molar-refractivity contribution in [2.75, 3.05) is 19.6 Å². The summed E-state index contributed by atoms with van der Waals surface area (Å²) in [4.78, 5) is 24.1. The molecule has 0 saturated carbocycles. The largest absolute Gasteiger partial charge is 0.481 e. The number of urea groups is 1. The van der Waals surface area contributed by atoms with Crippen LogP contribution in [0, 0.1) is 17.2 Å². The van der Waals surface area contributed by atoms with Crippen LogP contribution >= 0.6 is 0 Å². The van der Waals surface area contributed by atoms with Gasteiger partial charge in [-0.3, -0.25) is 4.79 Å². The van der Waals surface area contributed by atoms with Gasteiger partial charge in [0.05, 0.1) is 12.0 Å². The number of benzene rings is 1. The molecule has 6 nitrogen and oxygen atoms in total. The van der Waals surface area contributed by atoms with Crippen molar-refractivity contribution in [2.24, 2.45) is 5.92 Å². The van der Waals surface area contributed by atoms with E-state index in [4.69, 9.17) is 5.11 Å². The van der Waals surface area contributed by atoms with Crippen LogP contribution in [0.4, 0.5) is 4.79 Å². The first-order valence-electron chi connectivity index (χ1n) is 7.31. The summed E-state index contributed by atoms with van der Waals surface area (Å²) in [5.74, 6) is -1.06. The maximum Gasteiger partial charge on any atom is 0.317 e. The van der Waals surface area contributed by atoms with Crippen molar-refractivity contribution in [3.8, 4) is 6.07 Å². The summed E-state index contributed by atoms with van der Waals surface area (Å²) in [6.07, 6.45) is 0.437. The molecule has 22 heavy (non-hydrogen) atoms. The summed E-state index contributed by atoms with van der Waals surface area (Å²) in [5.41, 5.74) is 1.07. The molecule has 0 aromatic heterocycles. The number of hydrogen-bond acceptors (Lipinski definition) is 3. The molecule has 0 bridgehead atoms. The number of carboxylic acid groups (broad SMARTS) is 1. The third-order valence-electron chi connectivity index (χ3n) is 3.84. The van der Waals surface area contributed by atoms with Crippen molar-refractivity contribution in [3.63, 3.8) is 0 Å². The average Bonchev–Trinajstić information content (AvgIpc) is 2.96. The van der Waals surface area contributed by atoms with Gasteiger partial charge in [-0.15, -0.1) is 0 Å². The maximum atomic E-state index is 12.1. The number of nitrogens with zero attached hydrogens (tertiary/aromatic N) is 2. The van der Waals surface area contributed by atoms with E-state index < -0.39 is 5.97 Å². The van der Waals surface area contributed by atoms with Crippen molar-refractivity contribution < 1.29 is 14.7 Å². The van der Waals surface area contributed by atoms with E-state index in [0.717, 1.165) is 5.56 Å². The summed E-state index contributed by atoms with van der Waals surface area (Å²) < 4.78 is 0. The number of nitrogens with one attached hydrogen (secondary N) is 1. The van der Waals surface area contributed by atoms with Crippen LogP contribution in [0.1, 0.15) is 24.3 Å². The fourth-order valence-corrected chi connectivity index (χ4v) is 2.69. The second kappa shape index (κ2) is 7.46. The molecule has 2 rings (SSSR count). The minimum absolute atomic E-state index is 0.0240. The first-order valence-corrected chi connectivity index (χ1v) is 7.31. The lowest BCUT2D eigenvalue weighted by molar-refractivity contribution is -0.137. The van der Waals surface area contributed by atoms with Gasteiger partial charge >= 0.3 is 12.0 Å². The minimum Gasteiger partial charge on any atom is -0.481 e. The fourth-order valence-electron chi connectivity index (χ4n) is 2.69. The molecular formula is C16H19N3O3. The first-order chi connectivity index (χ1) is 10.6. The molecule has 2 atom stereocenters. The predicted molar refractivity (Wildman–Crippen MR) is 80.1 cm³/mol. The molecule has 1 heterocycles. The monoisotopic (exact) mass is 301 g/mol. The van der Waals surface area contributed by atoms with Gasteiger partial charge in [-0.25, -0.2) is 4.79 Å². The van der Waals surface area contributed by atoms with Crippen LogP contribution in [0.15, 0.2) is 30.3 Å². The van der Waals surface area contributed by atoms with Gasteiger partial charge in [-0.05, 0) is 12.0 Å². The summed E-state index contributed by atoms with van der Waals surface area (Å²) in [5, 5.41) is 20.6. The molecule has 2 N–H and O–H groups in total. The Balaban J connectivity index is 1.90. The number of rotatable bonds is 5. The zero-order valence-electron chi connectivity index (χ0n) is 12.2. The molecule has 1 fully saturated rings. The molecule has 0 spiro atoms. The normalized spacial score (nSPS) is 20.4. The second-order valence-corrected chi connectivity index (χ2v) is 5.39. The van der Waals surface area contributed by atoms with E-state index in [1.165, 1.54) is 0 Å². The zero-order chi connectivity index (χ0) is 15.9. The summed E-state index contributed by atoms with van der Waals surface area (Å²) >= 11 is 0. The Morgan fingerprint density at radius 3 is 2.68 bits per heavy atom. The molecule has 0 unspecified atom stereocenters. The molecule has 1 aromatic carbocycles. The van der Waals surface area contributed by atoms with E-state index in [-0.39, 0.29) is 24.3 Å². The molecule has 2 amide bonds. The molecule has 1 saturated heterocycles. The van der Waals surface area contributed by atoms with E-state index in [2.05, 4.69) is 11.4 Å². The predicted octanol–water partition coefficient (Wildman–Crippen LogP) is 1.80. The molecule has 116 valence electrons. The third-order valence-corrected chi connectivity index (χ3v) is 3.84. The highest BCUT2D eigenvalue weighted by Crippen LogP contribution is 2.32. The molecule has 1 aliphatic rings. The van der Waals surface area contributed by atoms with Crippen molar-refractivity contribution in [1.29, 1.82) is 5.26 Å². The Labute approximate surface area is 129 Å². The lowest BCUT2D eigenvalue weighted by atomic mass is 9.90. The Kier molecular flexibility index (Phi) is 5.37. The van der Waals surface area contributed by atoms with Crippen LogP contribution in [0.2, 0.25) is 0 Å². The quantitative estimate of drug-likeness (QED) is 0.811. The Bertz CT molecular complexity index is 568.